The number of fused-ring (bicyclic) bond motifs is 2. The predicted octanol–water partition coefficient (Wildman–Crippen LogP) is 3.55. The molecule has 168 valence electrons. The summed E-state index contributed by atoms with van der Waals surface area (Å²) in [6.45, 7) is 1.00. The maximum Gasteiger partial charge on any atom is 0.279 e. The van der Waals surface area contributed by atoms with E-state index in [1.807, 2.05) is 23.7 Å². The number of rotatable bonds is 4. The van der Waals surface area contributed by atoms with Crippen LogP contribution in [-0.2, 0) is 17.1 Å². The molecule has 5 rings (SSSR count). The van der Waals surface area contributed by atoms with Gasteiger partial charge in [-0.1, -0.05) is 29.5 Å². The summed E-state index contributed by atoms with van der Waals surface area (Å²) in [7, 11) is -1.87. The molecular weight excluding hydrogens is 462 g/mol. The van der Waals surface area contributed by atoms with Crippen LogP contribution in [0.5, 0.6) is 11.5 Å². The summed E-state index contributed by atoms with van der Waals surface area (Å²) < 4.78 is 41.5. The first-order chi connectivity index (χ1) is 15.9. The second-order valence-electron chi connectivity index (χ2n) is 7.32. The summed E-state index contributed by atoms with van der Waals surface area (Å²) in [6, 6.07) is 18.0. The van der Waals surface area contributed by atoms with Gasteiger partial charge in [0.1, 0.15) is 13.2 Å². The van der Waals surface area contributed by atoms with E-state index in [4.69, 9.17) is 9.47 Å². The molecule has 0 unspecified atom stereocenters. The van der Waals surface area contributed by atoms with Crippen LogP contribution in [0.3, 0.4) is 0 Å². The highest BCUT2D eigenvalue weighted by atomic mass is 32.2. The fourth-order valence-corrected chi connectivity index (χ4v) is 5.52. The molecule has 1 aromatic heterocycles. The fraction of sp³-hybridized carbons (Fsp3) is 0.130. The molecule has 3 aromatic carbocycles. The van der Waals surface area contributed by atoms with E-state index in [1.165, 1.54) is 35.6 Å². The van der Waals surface area contributed by atoms with Gasteiger partial charge in [-0.25, -0.2) is 8.42 Å². The number of carbonyl (C=O) groups is 1. The molecule has 0 fully saturated rings. The molecule has 0 radical (unpaired) electrons. The maximum atomic E-state index is 12.8. The molecule has 0 saturated heterocycles. The number of hydrogen-bond donors (Lipinski definition) is 1. The Morgan fingerprint density at radius 1 is 1.00 bits per heavy atom. The topological polar surface area (TPSA) is 99.0 Å². The van der Waals surface area contributed by atoms with Gasteiger partial charge in [0, 0.05) is 30.4 Å². The molecule has 10 heteroatoms. The summed E-state index contributed by atoms with van der Waals surface area (Å²) in [6.07, 6.45) is 0. The molecular formula is C23H19N3O5S2. The van der Waals surface area contributed by atoms with Crippen molar-refractivity contribution < 1.29 is 22.7 Å². The number of ether oxygens (including phenoxy) is 2. The van der Waals surface area contributed by atoms with Crippen molar-refractivity contribution in [1.29, 1.82) is 0 Å². The minimum absolute atomic E-state index is 0.162. The van der Waals surface area contributed by atoms with Gasteiger partial charge in [-0.2, -0.15) is 4.99 Å². The van der Waals surface area contributed by atoms with Crippen molar-refractivity contribution in [3.8, 4) is 11.5 Å². The predicted molar refractivity (Wildman–Crippen MR) is 125 cm³/mol. The third-order valence-corrected chi connectivity index (χ3v) is 7.60. The van der Waals surface area contributed by atoms with Gasteiger partial charge in [0.15, 0.2) is 16.3 Å². The third-order valence-electron chi connectivity index (χ3n) is 5.11. The van der Waals surface area contributed by atoms with Gasteiger partial charge in [-0.05, 0) is 36.4 Å². The third kappa shape index (κ3) is 4.22. The van der Waals surface area contributed by atoms with Gasteiger partial charge < -0.3 is 14.0 Å². The number of aromatic nitrogens is 1. The molecule has 1 N–H and O–H groups in total. The molecule has 1 amide bonds. The summed E-state index contributed by atoms with van der Waals surface area (Å²) in [5.41, 5.74) is 1.59. The minimum Gasteiger partial charge on any atom is -0.486 e. The minimum atomic E-state index is -3.70. The Morgan fingerprint density at radius 3 is 2.36 bits per heavy atom. The number of aryl methyl sites for hydroxylation is 1. The Kier molecular flexibility index (Phi) is 5.39. The van der Waals surface area contributed by atoms with E-state index in [1.54, 1.807) is 30.3 Å². The first-order valence-electron chi connectivity index (χ1n) is 10.1. The molecule has 4 aromatic rings. The highest BCUT2D eigenvalue weighted by Crippen LogP contribution is 2.35. The van der Waals surface area contributed by atoms with Crippen LogP contribution in [0, 0.1) is 0 Å². The summed E-state index contributed by atoms with van der Waals surface area (Å²) in [5, 5.41) is 0. The van der Waals surface area contributed by atoms with E-state index in [0.717, 1.165) is 10.2 Å². The Morgan fingerprint density at radius 2 is 1.67 bits per heavy atom. The molecule has 1 aliphatic heterocycles. The smallest absolute Gasteiger partial charge is 0.279 e. The van der Waals surface area contributed by atoms with Crippen molar-refractivity contribution in [2.45, 2.75) is 4.90 Å². The Hall–Kier alpha value is -3.63. The number of anilines is 1. The molecule has 1 aliphatic rings. The summed E-state index contributed by atoms with van der Waals surface area (Å²) in [4.78, 5) is 17.7. The number of nitrogens with one attached hydrogen (secondary N) is 1. The van der Waals surface area contributed by atoms with Crippen LogP contribution in [-0.4, -0.2) is 32.1 Å². The molecule has 0 atom stereocenters. The number of carbonyl (C=O) groups excluding carboxylic acids is 1. The first kappa shape index (κ1) is 21.2. The van der Waals surface area contributed by atoms with Gasteiger partial charge >= 0.3 is 0 Å². The molecule has 0 bridgehead atoms. The van der Waals surface area contributed by atoms with Crippen molar-refractivity contribution in [2.75, 3.05) is 17.9 Å². The second-order valence-corrected chi connectivity index (χ2v) is 10.0. The summed E-state index contributed by atoms with van der Waals surface area (Å²) in [5.74, 6) is 0.933. The number of thiazole rings is 1. The molecule has 8 nitrogen and oxygen atoms in total. The number of benzene rings is 3. The highest BCUT2D eigenvalue weighted by Gasteiger charge is 2.16. The lowest BCUT2D eigenvalue weighted by Gasteiger charge is -2.18. The quantitative estimate of drug-likeness (QED) is 0.481. The van der Waals surface area contributed by atoms with Crippen LogP contribution in [0.2, 0.25) is 0 Å². The zero-order chi connectivity index (χ0) is 23.0. The summed E-state index contributed by atoms with van der Waals surface area (Å²) >= 11 is 1.38. The first-order valence-corrected chi connectivity index (χ1v) is 12.4. The van der Waals surface area contributed by atoms with Crippen LogP contribution in [0.25, 0.3) is 10.2 Å². The van der Waals surface area contributed by atoms with Crippen LogP contribution in [0.1, 0.15) is 10.4 Å². The van der Waals surface area contributed by atoms with E-state index in [0.29, 0.717) is 40.8 Å². The Balaban J connectivity index is 1.40. The van der Waals surface area contributed by atoms with Gasteiger partial charge in [-0.15, -0.1) is 0 Å². The lowest BCUT2D eigenvalue weighted by molar-refractivity contribution is 0.0998. The van der Waals surface area contributed by atoms with E-state index in [-0.39, 0.29) is 4.90 Å². The zero-order valence-electron chi connectivity index (χ0n) is 17.5. The van der Waals surface area contributed by atoms with Gasteiger partial charge in [-0.3, -0.25) is 9.52 Å². The van der Waals surface area contributed by atoms with Crippen molar-refractivity contribution in [1.82, 2.24) is 4.57 Å². The lowest BCUT2D eigenvalue weighted by Crippen LogP contribution is -2.16. The van der Waals surface area contributed by atoms with Crippen LogP contribution in [0.15, 0.2) is 76.6 Å². The number of nitrogens with zero attached hydrogens (tertiary/aromatic N) is 2. The zero-order valence-corrected chi connectivity index (χ0v) is 19.2. The molecule has 0 spiro atoms. The van der Waals surface area contributed by atoms with E-state index >= 15 is 0 Å². The van der Waals surface area contributed by atoms with Crippen molar-refractivity contribution >= 4 is 43.2 Å². The van der Waals surface area contributed by atoms with Gasteiger partial charge in [0.05, 0.1) is 15.1 Å². The average molecular weight is 482 g/mol. The highest BCUT2D eigenvalue weighted by molar-refractivity contribution is 7.92. The van der Waals surface area contributed by atoms with Gasteiger partial charge in [0.2, 0.25) is 0 Å². The Bertz CT molecular complexity index is 1520. The standard InChI is InChI=1S/C23H19N3O5S2/c1-26-18-13-19-20(31-12-11-30-19)14-21(18)32-23(26)24-22(27)15-7-9-16(10-8-15)25-33(28,29)17-5-3-2-4-6-17/h2-10,13-14,25H,11-12H2,1H3. The van der Waals surface area contributed by atoms with Crippen LogP contribution in [0.4, 0.5) is 5.69 Å². The van der Waals surface area contributed by atoms with Crippen molar-refractivity contribution in [3.63, 3.8) is 0 Å². The molecule has 33 heavy (non-hydrogen) atoms. The molecule has 2 heterocycles. The van der Waals surface area contributed by atoms with Crippen LogP contribution >= 0.6 is 11.3 Å². The van der Waals surface area contributed by atoms with Crippen molar-refractivity contribution in [2.24, 2.45) is 12.0 Å². The van der Waals surface area contributed by atoms with E-state index < -0.39 is 15.9 Å². The lowest BCUT2D eigenvalue weighted by atomic mass is 10.2. The van der Waals surface area contributed by atoms with Crippen LogP contribution < -0.4 is 19.0 Å². The number of sulfonamides is 1. The largest absolute Gasteiger partial charge is 0.486 e. The number of amides is 1. The van der Waals surface area contributed by atoms with Crippen molar-refractivity contribution in [3.05, 3.63) is 77.1 Å². The number of hydrogen-bond acceptors (Lipinski definition) is 6. The molecule has 0 aliphatic carbocycles. The monoisotopic (exact) mass is 481 g/mol. The van der Waals surface area contributed by atoms with Gasteiger partial charge in [0.25, 0.3) is 15.9 Å². The van der Waals surface area contributed by atoms with E-state index in [9.17, 15) is 13.2 Å². The maximum absolute atomic E-state index is 12.8. The fourth-order valence-electron chi connectivity index (χ4n) is 3.42. The SMILES string of the molecule is Cn1c(=NC(=O)c2ccc(NS(=O)(=O)c3ccccc3)cc2)sc2cc3c(cc21)OCCO3. The molecule has 0 saturated carbocycles. The normalized spacial score (nSPS) is 13.8. The Labute approximate surface area is 193 Å². The van der Waals surface area contributed by atoms with E-state index in [2.05, 4.69) is 9.71 Å². The second kappa shape index (κ2) is 8.38. The average Bonchev–Trinajstić information content (AvgIpc) is 3.12.